The highest BCUT2D eigenvalue weighted by Crippen LogP contribution is 2.16. The van der Waals surface area contributed by atoms with Crippen molar-refractivity contribution in [1.82, 2.24) is 5.43 Å². The molecule has 0 unspecified atom stereocenters. The Labute approximate surface area is 214 Å². The van der Waals surface area contributed by atoms with E-state index in [4.69, 9.17) is 9.90 Å². The Morgan fingerprint density at radius 3 is 0.647 bits per heavy atom. The number of hydrogen-bond donors (Lipinski definition) is 3. The van der Waals surface area contributed by atoms with Crippen LogP contribution in [0.4, 0.5) is 4.79 Å². The molecule has 0 aliphatic carbocycles. The summed E-state index contributed by atoms with van der Waals surface area (Å²) in [6, 6.07) is 0. The molecule has 0 atom stereocenters. The molecule has 0 saturated carbocycles. The Hall–Kier alpha value is -0.770. The average molecular weight is 485 g/mol. The summed E-state index contributed by atoms with van der Waals surface area (Å²) in [5.74, 6) is 4.32. The minimum atomic E-state index is -1.22. The van der Waals surface area contributed by atoms with Gasteiger partial charge in [0.1, 0.15) is 0 Å². The van der Waals surface area contributed by atoms with E-state index in [1.54, 1.807) is 0 Å². The largest absolute Gasteiger partial charge is 0.464 e. The van der Waals surface area contributed by atoms with Crippen LogP contribution in [0, 0.1) is 0 Å². The minimum absolute atomic E-state index is 1.22. The van der Waals surface area contributed by atoms with Crippen molar-refractivity contribution in [2.75, 3.05) is 0 Å². The van der Waals surface area contributed by atoms with E-state index in [-0.39, 0.29) is 0 Å². The van der Waals surface area contributed by atoms with Crippen molar-refractivity contribution < 1.29 is 9.90 Å². The lowest BCUT2D eigenvalue weighted by Gasteiger charge is -2.04. The number of rotatable bonds is 26. The fourth-order valence-corrected chi connectivity index (χ4v) is 4.57. The van der Waals surface area contributed by atoms with Gasteiger partial charge >= 0.3 is 6.09 Å². The van der Waals surface area contributed by atoms with E-state index in [2.05, 4.69) is 19.7 Å². The maximum absolute atomic E-state index is 9.13. The third-order valence-corrected chi connectivity index (χ3v) is 6.83. The van der Waals surface area contributed by atoms with Gasteiger partial charge in [0, 0.05) is 0 Å². The molecule has 206 valence electrons. The van der Waals surface area contributed by atoms with Crippen molar-refractivity contribution in [3.05, 3.63) is 0 Å². The summed E-state index contributed by atoms with van der Waals surface area (Å²) in [6.45, 7) is 4.61. The fourth-order valence-electron chi connectivity index (χ4n) is 4.57. The van der Waals surface area contributed by atoms with Gasteiger partial charge in [0.25, 0.3) is 0 Å². The van der Waals surface area contributed by atoms with Crippen molar-refractivity contribution in [3.8, 4) is 0 Å². The van der Waals surface area contributed by atoms with Crippen molar-refractivity contribution >= 4 is 6.09 Å². The van der Waals surface area contributed by atoms with E-state index >= 15 is 0 Å². The Morgan fingerprint density at radius 1 is 0.441 bits per heavy atom. The third kappa shape index (κ3) is 38.5. The molecule has 0 spiro atoms. The lowest BCUT2D eigenvalue weighted by atomic mass is 10.0. The van der Waals surface area contributed by atoms with Crippen LogP contribution in [0.25, 0.3) is 0 Å². The summed E-state index contributed by atoms with van der Waals surface area (Å²) in [4.78, 5) is 9.13. The molecule has 0 aliphatic rings. The number of carboxylic acid groups (broad SMARTS) is 1. The standard InChI is InChI=1S/C29H60.CH4N2O2/c1-3-5-7-9-11-13-15-17-19-21-23-25-27-29-28-26-24-22-20-18-16-14-12-10-8-6-4-2;2-3-1(4)5/h3-29H2,1-2H3;3H,2H2,(H,4,5). The number of nitrogens with two attached hydrogens (primary N) is 1. The van der Waals surface area contributed by atoms with E-state index in [1.807, 2.05) is 0 Å². The first-order chi connectivity index (χ1) is 16.7. The fraction of sp³-hybridized carbons (Fsp3) is 0.967. The highest BCUT2D eigenvalue weighted by atomic mass is 16.4. The molecule has 0 radical (unpaired) electrons. The molecule has 34 heavy (non-hydrogen) atoms. The smallest absolute Gasteiger partial charge is 0.418 e. The normalized spacial score (nSPS) is 10.7. The van der Waals surface area contributed by atoms with Gasteiger partial charge in [-0.25, -0.2) is 10.6 Å². The van der Waals surface area contributed by atoms with Crippen LogP contribution >= 0.6 is 0 Å². The zero-order valence-electron chi connectivity index (χ0n) is 23.5. The second-order valence-corrected chi connectivity index (χ2v) is 10.3. The van der Waals surface area contributed by atoms with Crippen LogP contribution in [-0.2, 0) is 0 Å². The highest BCUT2D eigenvalue weighted by Gasteiger charge is 1.96. The van der Waals surface area contributed by atoms with E-state index in [0.29, 0.717) is 0 Å². The lowest BCUT2D eigenvalue weighted by molar-refractivity contribution is 0.194. The molecule has 0 aromatic rings. The Balaban J connectivity index is 0. The Bertz CT molecular complexity index is 338. The molecule has 0 aliphatic heterocycles. The minimum Gasteiger partial charge on any atom is -0.464 e. The molecule has 4 N–H and O–H groups in total. The molecule has 0 aromatic carbocycles. The monoisotopic (exact) mass is 484 g/mol. The number of nitrogens with one attached hydrogen (secondary N) is 1. The van der Waals surface area contributed by atoms with Crippen LogP contribution < -0.4 is 11.3 Å². The summed E-state index contributed by atoms with van der Waals surface area (Å²) in [5, 5.41) is 7.49. The van der Waals surface area contributed by atoms with Gasteiger partial charge in [0.2, 0.25) is 0 Å². The molecule has 0 bridgehead atoms. The first-order valence-corrected chi connectivity index (χ1v) is 15.4. The van der Waals surface area contributed by atoms with Crippen LogP contribution in [0.2, 0.25) is 0 Å². The second kappa shape index (κ2) is 34.4. The van der Waals surface area contributed by atoms with E-state index in [1.165, 1.54) is 179 Å². The Kier molecular flexibility index (Phi) is 35.8. The second-order valence-electron chi connectivity index (χ2n) is 10.3. The maximum Gasteiger partial charge on any atom is 0.418 e. The number of carbonyl (C=O) groups is 1. The van der Waals surface area contributed by atoms with Gasteiger partial charge in [-0.1, -0.05) is 187 Å². The maximum atomic E-state index is 9.13. The molecule has 4 heteroatoms. The number of hydrazine groups is 1. The molecular formula is C30H64N2O2. The summed E-state index contributed by atoms with van der Waals surface area (Å²) in [6.07, 6.45) is 38.7. The first-order valence-electron chi connectivity index (χ1n) is 15.4. The summed E-state index contributed by atoms with van der Waals surface area (Å²) in [7, 11) is 0. The van der Waals surface area contributed by atoms with Gasteiger partial charge < -0.3 is 5.11 Å². The molecule has 0 heterocycles. The zero-order valence-corrected chi connectivity index (χ0v) is 23.5. The quantitative estimate of drug-likeness (QED) is 0.0494. The molecule has 0 saturated heterocycles. The van der Waals surface area contributed by atoms with Gasteiger partial charge in [-0.2, -0.15) is 0 Å². The van der Waals surface area contributed by atoms with Crippen LogP contribution in [0.15, 0.2) is 0 Å². The summed E-state index contributed by atoms with van der Waals surface area (Å²) < 4.78 is 0. The molecule has 0 rings (SSSR count). The van der Waals surface area contributed by atoms with E-state index in [0.717, 1.165) is 0 Å². The molecule has 0 fully saturated rings. The molecule has 1 amide bonds. The number of amides is 1. The van der Waals surface area contributed by atoms with Gasteiger partial charge in [-0.15, -0.1) is 0 Å². The van der Waals surface area contributed by atoms with E-state index < -0.39 is 6.09 Å². The lowest BCUT2D eigenvalue weighted by Crippen LogP contribution is -2.27. The van der Waals surface area contributed by atoms with Gasteiger partial charge in [-0.05, 0) is 0 Å². The zero-order chi connectivity index (χ0) is 25.4. The number of hydrogen-bond acceptors (Lipinski definition) is 2. The Morgan fingerprint density at radius 2 is 0.559 bits per heavy atom. The molecule has 4 nitrogen and oxygen atoms in total. The summed E-state index contributed by atoms with van der Waals surface area (Å²) in [5.41, 5.74) is 1.44. The van der Waals surface area contributed by atoms with Gasteiger partial charge in [0.15, 0.2) is 0 Å². The summed E-state index contributed by atoms with van der Waals surface area (Å²) >= 11 is 0. The van der Waals surface area contributed by atoms with Crippen LogP contribution in [-0.4, -0.2) is 11.2 Å². The third-order valence-electron chi connectivity index (χ3n) is 6.83. The van der Waals surface area contributed by atoms with Crippen molar-refractivity contribution in [1.29, 1.82) is 0 Å². The first kappa shape index (κ1) is 35.4. The van der Waals surface area contributed by atoms with E-state index in [9.17, 15) is 0 Å². The van der Waals surface area contributed by atoms with Crippen molar-refractivity contribution in [3.63, 3.8) is 0 Å². The predicted octanol–water partition coefficient (Wildman–Crippen LogP) is 10.7. The SMILES string of the molecule is CCCCCCCCCCCCCCCCCCCCCCCCCCCCC.NNC(=O)O. The average Bonchev–Trinajstić information content (AvgIpc) is 2.84. The van der Waals surface area contributed by atoms with Crippen LogP contribution in [0.5, 0.6) is 0 Å². The van der Waals surface area contributed by atoms with Crippen LogP contribution in [0.3, 0.4) is 0 Å². The highest BCUT2D eigenvalue weighted by molar-refractivity contribution is 5.63. The number of unbranched alkanes of at least 4 members (excludes halogenated alkanes) is 26. The van der Waals surface area contributed by atoms with Gasteiger partial charge in [0.05, 0.1) is 0 Å². The van der Waals surface area contributed by atoms with Crippen LogP contribution in [0.1, 0.15) is 187 Å². The van der Waals surface area contributed by atoms with Gasteiger partial charge in [-0.3, -0.25) is 5.43 Å². The van der Waals surface area contributed by atoms with Crippen molar-refractivity contribution in [2.45, 2.75) is 187 Å². The topological polar surface area (TPSA) is 75.3 Å². The molecule has 0 aromatic heterocycles. The predicted molar refractivity (Wildman–Crippen MR) is 151 cm³/mol. The molecular weight excluding hydrogens is 420 g/mol. The van der Waals surface area contributed by atoms with Crippen molar-refractivity contribution in [2.24, 2.45) is 5.84 Å².